The van der Waals surface area contributed by atoms with E-state index >= 15 is 0 Å². The molecular formula is C18H27N3. The lowest BCUT2D eigenvalue weighted by atomic mass is 9.94. The van der Waals surface area contributed by atoms with Crippen LogP contribution in [0, 0.1) is 0 Å². The van der Waals surface area contributed by atoms with Gasteiger partial charge in [-0.1, -0.05) is 24.3 Å². The molecule has 0 aliphatic carbocycles. The summed E-state index contributed by atoms with van der Waals surface area (Å²) >= 11 is 0. The molecule has 3 heteroatoms. The van der Waals surface area contributed by atoms with Crippen molar-refractivity contribution in [1.29, 1.82) is 0 Å². The van der Waals surface area contributed by atoms with Gasteiger partial charge in [-0.3, -0.25) is 9.80 Å². The van der Waals surface area contributed by atoms with Gasteiger partial charge in [0.1, 0.15) is 0 Å². The topological polar surface area (TPSA) is 18.5 Å². The fourth-order valence-corrected chi connectivity index (χ4v) is 4.46. The molecule has 0 radical (unpaired) electrons. The molecule has 3 aliphatic heterocycles. The molecular weight excluding hydrogens is 258 g/mol. The van der Waals surface area contributed by atoms with E-state index in [9.17, 15) is 0 Å². The first-order valence-electron chi connectivity index (χ1n) is 8.68. The molecule has 2 fully saturated rings. The zero-order chi connectivity index (χ0) is 14.1. The Morgan fingerprint density at radius 3 is 3.00 bits per heavy atom. The monoisotopic (exact) mass is 285 g/mol. The minimum absolute atomic E-state index is 0.530. The first kappa shape index (κ1) is 13.7. The van der Waals surface area contributed by atoms with Gasteiger partial charge in [-0.2, -0.15) is 0 Å². The van der Waals surface area contributed by atoms with Gasteiger partial charge >= 0.3 is 0 Å². The van der Waals surface area contributed by atoms with Crippen molar-refractivity contribution >= 4 is 0 Å². The maximum Gasteiger partial charge on any atom is 0.0452 e. The molecule has 1 N–H and O–H groups in total. The van der Waals surface area contributed by atoms with Crippen molar-refractivity contribution < 1.29 is 0 Å². The van der Waals surface area contributed by atoms with E-state index in [-0.39, 0.29) is 0 Å². The smallest absolute Gasteiger partial charge is 0.0452 e. The summed E-state index contributed by atoms with van der Waals surface area (Å²) in [6.07, 6.45) is 5.34. The van der Waals surface area contributed by atoms with Gasteiger partial charge in [0, 0.05) is 25.2 Å². The van der Waals surface area contributed by atoms with Gasteiger partial charge in [0.15, 0.2) is 0 Å². The Labute approximate surface area is 128 Å². The van der Waals surface area contributed by atoms with Crippen LogP contribution in [0.25, 0.3) is 0 Å². The van der Waals surface area contributed by atoms with Gasteiger partial charge in [0.25, 0.3) is 0 Å². The van der Waals surface area contributed by atoms with Crippen molar-refractivity contribution in [3.8, 4) is 0 Å². The Kier molecular flexibility index (Phi) is 3.97. The van der Waals surface area contributed by atoms with Crippen molar-refractivity contribution in [2.45, 2.75) is 37.8 Å². The number of hydrogen-bond acceptors (Lipinski definition) is 3. The molecule has 3 aliphatic rings. The van der Waals surface area contributed by atoms with Crippen molar-refractivity contribution in [3.05, 3.63) is 35.4 Å². The molecule has 21 heavy (non-hydrogen) atoms. The van der Waals surface area contributed by atoms with E-state index < -0.39 is 0 Å². The number of rotatable bonds is 2. The van der Waals surface area contributed by atoms with Crippen LogP contribution in [-0.2, 0) is 6.42 Å². The molecule has 1 aromatic carbocycles. The van der Waals surface area contributed by atoms with Crippen molar-refractivity contribution in [2.24, 2.45) is 0 Å². The Morgan fingerprint density at radius 2 is 2.00 bits per heavy atom. The molecule has 4 rings (SSSR count). The summed E-state index contributed by atoms with van der Waals surface area (Å²) in [5.74, 6) is 0. The third-order valence-corrected chi connectivity index (χ3v) is 5.54. The van der Waals surface area contributed by atoms with Gasteiger partial charge in [-0.15, -0.1) is 0 Å². The Hall–Kier alpha value is -0.900. The fraction of sp³-hybridized carbons (Fsp3) is 0.667. The molecule has 2 unspecified atom stereocenters. The van der Waals surface area contributed by atoms with Crippen LogP contribution in [0.3, 0.4) is 0 Å². The molecule has 1 aromatic rings. The highest BCUT2D eigenvalue weighted by Gasteiger charge is 2.30. The number of benzene rings is 1. The van der Waals surface area contributed by atoms with Crippen LogP contribution in [-0.4, -0.2) is 55.1 Å². The molecule has 2 saturated heterocycles. The lowest BCUT2D eigenvalue weighted by Gasteiger charge is -2.33. The SMILES string of the molecule is c1ccc2c(c1)CCNC2CN1CCCN2CCCC2C1. The normalized spacial score (nSPS) is 30.7. The lowest BCUT2D eigenvalue weighted by Crippen LogP contribution is -2.42. The summed E-state index contributed by atoms with van der Waals surface area (Å²) in [4.78, 5) is 5.44. The molecule has 0 bridgehead atoms. The standard InChI is InChI=1S/C18H27N3/c1-2-7-17-15(5-1)8-9-19-18(17)14-20-10-4-12-21-11-3-6-16(21)13-20/h1-2,5,7,16,18-19H,3-4,6,8-14H2. The molecule has 114 valence electrons. The van der Waals surface area contributed by atoms with E-state index in [4.69, 9.17) is 0 Å². The molecule has 3 nitrogen and oxygen atoms in total. The van der Waals surface area contributed by atoms with E-state index in [0.717, 1.165) is 12.6 Å². The second-order valence-electron chi connectivity index (χ2n) is 6.90. The summed E-state index contributed by atoms with van der Waals surface area (Å²) < 4.78 is 0. The van der Waals surface area contributed by atoms with Crippen molar-refractivity contribution in [2.75, 3.05) is 39.3 Å². The van der Waals surface area contributed by atoms with Crippen LogP contribution < -0.4 is 5.32 Å². The predicted octanol–water partition coefficient (Wildman–Crippen LogP) is 2.04. The predicted molar refractivity (Wildman–Crippen MR) is 86.5 cm³/mol. The summed E-state index contributed by atoms with van der Waals surface area (Å²) in [7, 11) is 0. The van der Waals surface area contributed by atoms with Crippen LogP contribution in [0.15, 0.2) is 24.3 Å². The van der Waals surface area contributed by atoms with E-state index in [2.05, 4.69) is 39.4 Å². The largest absolute Gasteiger partial charge is 0.309 e. The maximum atomic E-state index is 3.75. The fourth-order valence-electron chi connectivity index (χ4n) is 4.46. The summed E-state index contributed by atoms with van der Waals surface area (Å²) in [6, 6.07) is 10.4. The van der Waals surface area contributed by atoms with Crippen molar-refractivity contribution in [1.82, 2.24) is 15.1 Å². The van der Waals surface area contributed by atoms with Gasteiger partial charge in [-0.05, 0) is 63.0 Å². The summed E-state index contributed by atoms with van der Waals surface area (Å²) in [5, 5.41) is 3.75. The number of nitrogens with zero attached hydrogens (tertiary/aromatic N) is 2. The lowest BCUT2D eigenvalue weighted by molar-refractivity contribution is 0.204. The minimum Gasteiger partial charge on any atom is -0.309 e. The number of nitrogens with one attached hydrogen (secondary N) is 1. The molecule has 3 heterocycles. The highest BCUT2D eigenvalue weighted by atomic mass is 15.3. The van der Waals surface area contributed by atoms with Crippen LogP contribution >= 0.6 is 0 Å². The minimum atomic E-state index is 0.530. The Bertz CT molecular complexity index is 487. The summed E-state index contributed by atoms with van der Waals surface area (Å²) in [5.41, 5.74) is 3.09. The number of fused-ring (bicyclic) bond motifs is 2. The van der Waals surface area contributed by atoms with Gasteiger partial charge < -0.3 is 5.32 Å². The van der Waals surface area contributed by atoms with Crippen LogP contribution in [0.4, 0.5) is 0 Å². The van der Waals surface area contributed by atoms with Crippen LogP contribution in [0.5, 0.6) is 0 Å². The zero-order valence-corrected chi connectivity index (χ0v) is 12.9. The van der Waals surface area contributed by atoms with Gasteiger partial charge in [0.05, 0.1) is 0 Å². The molecule has 0 amide bonds. The van der Waals surface area contributed by atoms with E-state index in [1.807, 2.05) is 0 Å². The average Bonchev–Trinajstić information content (AvgIpc) is 2.86. The van der Waals surface area contributed by atoms with Crippen molar-refractivity contribution in [3.63, 3.8) is 0 Å². The highest BCUT2D eigenvalue weighted by Crippen LogP contribution is 2.26. The molecule has 0 aromatic heterocycles. The maximum absolute atomic E-state index is 3.75. The Balaban J connectivity index is 1.46. The highest BCUT2D eigenvalue weighted by molar-refractivity contribution is 5.32. The van der Waals surface area contributed by atoms with Gasteiger partial charge in [-0.25, -0.2) is 0 Å². The first-order chi connectivity index (χ1) is 10.4. The second kappa shape index (κ2) is 6.07. The quantitative estimate of drug-likeness (QED) is 0.897. The average molecular weight is 285 g/mol. The van der Waals surface area contributed by atoms with E-state index in [1.54, 1.807) is 5.56 Å². The van der Waals surface area contributed by atoms with E-state index in [1.165, 1.54) is 64.0 Å². The molecule has 2 atom stereocenters. The summed E-state index contributed by atoms with van der Waals surface area (Å²) in [6.45, 7) is 7.51. The molecule has 0 spiro atoms. The third kappa shape index (κ3) is 2.87. The zero-order valence-electron chi connectivity index (χ0n) is 12.9. The van der Waals surface area contributed by atoms with E-state index in [0.29, 0.717) is 6.04 Å². The Morgan fingerprint density at radius 1 is 1.10 bits per heavy atom. The van der Waals surface area contributed by atoms with Gasteiger partial charge in [0.2, 0.25) is 0 Å². The second-order valence-corrected chi connectivity index (χ2v) is 6.90. The third-order valence-electron chi connectivity index (χ3n) is 5.54. The first-order valence-corrected chi connectivity index (χ1v) is 8.68. The van der Waals surface area contributed by atoms with Crippen LogP contribution in [0.2, 0.25) is 0 Å². The molecule has 0 saturated carbocycles. The van der Waals surface area contributed by atoms with Crippen LogP contribution in [0.1, 0.15) is 36.4 Å². The number of hydrogen-bond donors (Lipinski definition) is 1.